The smallest absolute Gasteiger partial charge is 0.260 e. The van der Waals surface area contributed by atoms with Gasteiger partial charge in [0.2, 0.25) is 0 Å². The summed E-state index contributed by atoms with van der Waals surface area (Å²) in [6.07, 6.45) is 1.91. The molecule has 3 atom stereocenters. The summed E-state index contributed by atoms with van der Waals surface area (Å²) in [5.41, 5.74) is -0.218. The third-order valence-electron chi connectivity index (χ3n) is 3.69. The lowest BCUT2D eigenvalue weighted by Gasteiger charge is -2.38. The van der Waals surface area contributed by atoms with E-state index in [4.69, 9.17) is 4.74 Å². The van der Waals surface area contributed by atoms with Crippen molar-refractivity contribution in [2.75, 3.05) is 19.6 Å². The molecule has 1 aromatic heterocycles. The van der Waals surface area contributed by atoms with Crippen LogP contribution in [0.3, 0.4) is 0 Å². The van der Waals surface area contributed by atoms with E-state index < -0.39 is 0 Å². The number of hydrogen-bond donors (Lipinski definition) is 2. The van der Waals surface area contributed by atoms with Crippen molar-refractivity contribution < 1.29 is 9.53 Å². The largest absolute Gasteiger partial charge is 0.373 e. The Labute approximate surface area is 124 Å². The Morgan fingerprint density at radius 2 is 2.14 bits per heavy atom. The summed E-state index contributed by atoms with van der Waals surface area (Å²) < 4.78 is 5.70. The molecule has 0 aliphatic carbocycles. The molecular weight excluding hydrogens is 270 g/mol. The highest BCUT2D eigenvalue weighted by molar-refractivity contribution is 5.93. The van der Waals surface area contributed by atoms with Crippen LogP contribution in [0.4, 0.5) is 0 Å². The standard InChI is InChI=1S/C15H23N3O3/c1-10(18-8-11(2)21-12(3)9-18)7-17-15(20)13-5-4-6-16-14(13)19/h4-6,10-12H,7-9H2,1-3H3,(H,16,19)(H,17,20)/t10-,11-,12+/m0/s1. The summed E-state index contributed by atoms with van der Waals surface area (Å²) >= 11 is 0. The maximum atomic E-state index is 12.0. The first-order valence-electron chi connectivity index (χ1n) is 7.32. The molecule has 116 valence electrons. The molecule has 2 N–H and O–H groups in total. The zero-order valence-corrected chi connectivity index (χ0v) is 12.8. The normalized spacial score (nSPS) is 24.5. The second-order valence-corrected chi connectivity index (χ2v) is 5.68. The van der Waals surface area contributed by atoms with Crippen LogP contribution in [0.5, 0.6) is 0 Å². The van der Waals surface area contributed by atoms with Crippen molar-refractivity contribution in [1.29, 1.82) is 0 Å². The third-order valence-corrected chi connectivity index (χ3v) is 3.69. The maximum Gasteiger partial charge on any atom is 0.260 e. The van der Waals surface area contributed by atoms with Crippen LogP contribution in [0.1, 0.15) is 31.1 Å². The van der Waals surface area contributed by atoms with Gasteiger partial charge < -0.3 is 15.0 Å². The number of hydrogen-bond acceptors (Lipinski definition) is 4. The number of pyridine rings is 1. The van der Waals surface area contributed by atoms with E-state index in [0.29, 0.717) is 6.54 Å². The molecule has 1 fully saturated rings. The molecule has 1 aliphatic heterocycles. The van der Waals surface area contributed by atoms with Gasteiger partial charge in [-0.25, -0.2) is 0 Å². The summed E-state index contributed by atoms with van der Waals surface area (Å²) in [5, 5.41) is 2.83. The predicted octanol–water partition coefficient (Wildman–Crippen LogP) is 0.602. The Hall–Kier alpha value is -1.66. The van der Waals surface area contributed by atoms with Gasteiger partial charge in [-0.2, -0.15) is 0 Å². The summed E-state index contributed by atoms with van der Waals surface area (Å²) in [7, 11) is 0. The van der Waals surface area contributed by atoms with E-state index in [0.717, 1.165) is 13.1 Å². The average Bonchev–Trinajstić information content (AvgIpc) is 2.43. The molecule has 2 rings (SSSR count). The van der Waals surface area contributed by atoms with E-state index in [2.05, 4.69) is 36.0 Å². The Kier molecular flexibility index (Phi) is 5.14. The van der Waals surface area contributed by atoms with Crippen LogP contribution in [0.15, 0.2) is 23.1 Å². The Morgan fingerprint density at radius 3 is 2.76 bits per heavy atom. The van der Waals surface area contributed by atoms with E-state index in [1.165, 1.54) is 12.3 Å². The van der Waals surface area contributed by atoms with Crippen LogP contribution in [-0.4, -0.2) is 53.7 Å². The molecule has 21 heavy (non-hydrogen) atoms. The lowest BCUT2D eigenvalue weighted by molar-refractivity contribution is -0.0778. The molecule has 0 radical (unpaired) electrons. The van der Waals surface area contributed by atoms with Crippen LogP contribution in [0.2, 0.25) is 0 Å². The molecule has 0 unspecified atom stereocenters. The number of morpholine rings is 1. The van der Waals surface area contributed by atoms with Crippen molar-refractivity contribution in [3.8, 4) is 0 Å². The van der Waals surface area contributed by atoms with Crippen molar-refractivity contribution in [3.05, 3.63) is 34.2 Å². The van der Waals surface area contributed by atoms with Crippen LogP contribution in [0.25, 0.3) is 0 Å². The van der Waals surface area contributed by atoms with E-state index in [1.54, 1.807) is 6.07 Å². The minimum absolute atomic E-state index is 0.147. The number of nitrogens with zero attached hydrogens (tertiary/aromatic N) is 1. The molecule has 1 amide bonds. The van der Waals surface area contributed by atoms with Gasteiger partial charge in [0.25, 0.3) is 11.5 Å². The number of ether oxygens (including phenoxy) is 1. The SMILES string of the molecule is C[C@@H]1CN([C@@H](C)CNC(=O)c2ccc[nH]c2=O)C[C@H](C)O1. The molecule has 6 heteroatoms. The third kappa shape index (κ3) is 4.15. The van der Waals surface area contributed by atoms with Crippen molar-refractivity contribution in [2.45, 2.75) is 39.0 Å². The van der Waals surface area contributed by atoms with Crippen molar-refractivity contribution in [3.63, 3.8) is 0 Å². The van der Waals surface area contributed by atoms with Crippen LogP contribution in [-0.2, 0) is 4.74 Å². The molecule has 2 heterocycles. The van der Waals surface area contributed by atoms with E-state index in [1.807, 2.05) is 0 Å². The predicted molar refractivity (Wildman–Crippen MR) is 80.4 cm³/mol. The molecular formula is C15H23N3O3. The lowest BCUT2D eigenvalue weighted by atomic mass is 10.1. The Balaban J connectivity index is 1.89. The second kappa shape index (κ2) is 6.87. The minimum Gasteiger partial charge on any atom is -0.373 e. The van der Waals surface area contributed by atoms with Gasteiger partial charge >= 0.3 is 0 Å². The molecule has 0 saturated carbocycles. The summed E-state index contributed by atoms with van der Waals surface area (Å²) in [4.78, 5) is 28.4. The van der Waals surface area contributed by atoms with Gasteiger partial charge in [-0.15, -0.1) is 0 Å². The zero-order chi connectivity index (χ0) is 15.4. The van der Waals surface area contributed by atoms with Crippen LogP contribution >= 0.6 is 0 Å². The number of carbonyl (C=O) groups is 1. The maximum absolute atomic E-state index is 12.0. The Bertz CT molecular complexity index is 533. The monoisotopic (exact) mass is 293 g/mol. The van der Waals surface area contributed by atoms with Gasteiger partial charge in [0.1, 0.15) is 5.56 Å². The Morgan fingerprint density at radius 1 is 1.48 bits per heavy atom. The molecule has 1 saturated heterocycles. The number of aromatic nitrogens is 1. The molecule has 1 aliphatic rings. The van der Waals surface area contributed by atoms with Gasteiger partial charge in [-0.05, 0) is 32.9 Å². The zero-order valence-electron chi connectivity index (χ0n) is 12.8. The average molecular weight is 293 g/mol. The van der Waals surface area contributed by atoms with Gasteiger partial charge in [0, 0.05) is 31.9 Å². The van der Waals surface area contributed by atoms with Crippen LogP contribution < -0.4 is 10.9 Å². The highest BCUT2D eigenvalue weighted by Gasteiger charge is 2.25. The van der Waals surface area contributed by atoms with Crippen molar-refractivity contribution >= 4 is 5.91 Å². The number of nitrogens with one attached hydrogen (secondary N) is 2. The lowest BCUT2D eigenvalue weighted by Crippen LogP contribution is -2.52. The highest BCUT2D eigenvalue weighted by atomic mass is 16.5. The van der Waals surface area contributed by atoms with Gasteiger partial charge in [-0.3, -0.25) is 14.5 Å². The number of H-pyrrole nitrogens is 1. The summed E-state index contributed by atoms with van der Waals surface area (Å²) in [6, 6.07) is 3.37. The molecule has 1 aromatic rings. The second-order valence-electron chi connectivity index (χ2n) is 5.68. The van der Waals surface area contributed by atoms with E-state index >= 15 is 0 Å². The quantitative estimate of drug-likeness (QED) is 0.852. The van der Waals surface area contributed by atoms with E-state index in [9.17, 15) is 9.59 Å². The first-order valence-corrected chi connectivity index (χ1v) is 7.32. The van der Waals surface area contributed by atoms with E-state index in [-0.39, 0.29) is 35.3 Å². The molecule has 0 spiro atoms. The van der Waals surface area contributed by atoms with Crippen LogP contribution in [0, 0.1) is 0 Å². The summed E-state index contributed by atoms with van der Waals surface area (Å²) in [6.45, 7) is 8.39. The first-order chi connectivity index (χ1) is 9.97. The first kappa shape index (κ1) is 15.7. The topological polar surface area (TPSA) is 74.4 Å². The number of amides is 1. The van der Waals surface area contributed by atoms with Gasteiger partial charge in [0.15, 0.2) is 0 Å². The number of carbonyl (C=O) groups excluding carboxylic acids is 1. The number of rotatable bonds is 4. The fourth-order valence-electron chi connectivity index (χ4n) is 2.64. The van der Waals surface area contributed by atoms with Gasteiger partial charge in [0.05, 0.1) is 12.2 Å². The van der Waals surface area contributed by atoms with Crippen molar-refractivity contribution in [2.24, 2.45) is 0 Å². The minimum atomic E-state index is -0.365. The molecule has 0 bridgehead atoms. The fourth-order valence-corrected chi connectivity index (χ4v) is 2.64. The molecule has 0 aromatic carbocycles. The van der Waals surface area contributed by atoms with Gasteiger partial charge in [-0.1, -0.05) is 0 Å². The summed E-state index contributed by atoms with van der Waals surface area (Å²) in [5.74, 6) is -0.335. The number of aromatic amines is 1. The molecule has 6 nitrogen and oxygen atoms in total. The fraction of sp³-hybridized carbons (Fsp3) is 0.600. The highest BCUT2D eigenvalue weighted by Crippen LogP contribution is 2.13. The van der Waals surface area contributed by atoms with Crippen molar-refractivity contribution in [1.82, 2.24) is 15.2 Å².